The maximum absolute atomic E-state index is 12.8. The van der Waals surface area contributed by atoms with Gasteiger partial charge >= 0.3 is 0 Å². The zero-order valence-corrected chi connectivity index (χ0v) is 14.8. The number of nitrogens with zero attached hydrogens (tertiary/aromatic N) is 1. The Balaban J connectivity index is 1.45. The van der Waals surface area contributed by atoms with Crippen LogP contribution in [0.4, 0.5) is 0 Å². The predicted octanol–water partition coefficient (Wildman–Crippen LogP) is 2.92. The number of likely N-dealkylation sites (tertiary alicyclic amines) is 1. The molecule has 25 heavy (non-hydrogen) atoms. The molecule has 0 spiro atoms. The van der Waals surface area contributed by atoms with E-state index in [1.165, 1.54) is 16.3 Å². The van der Waals surface area contributed by atoms with Gasteiger partial charge in [0.15, 0.2) is 0 Å². The summed E-state index contributed by atoms with van der Waals surface area (Å²) in [6.45, 7) is 5.09. The van der Waals surface area contributed by atoms with Crippen molar-refractivity contribution < 1.29 is 9.53 Å². The van der Waals surface area contributed by atoms with Crippen LogP contribution in [-0.2, 0) is 9.53 Å². The Morgan fingerprint density at radius 1 is 1.12 bits per heavy atom. The molecule has 0 aromatic heterocycles. The molecule has 4 rings (SSSR count). The molecule has 2 aliphatic rings. The molecule has 2 aliphatic heterocycles. The normalized spacial score (nSPS) is 25.2. The third-order valence-electron chi connectivity index (χ3n) is 5.65. The van der Waals surface area contributed by atoms with Crippen LogP contribution in [0.2, 0.25) is 0 Å². The molecule has 2 atom stereocenters. The van der Waals surface area contributed by atoms with Gasteiger partial charge in [-0.2, -0.15) is 0 Å². The summed E-state index contributed by atoms with van der Waals surface area (Å²) >= 11 is 0. The Kier molecular flexibility index (Phi) is 4.73. The first-order chi connectivity index (χ1) is 12.2. The summed E-state index contributed by atoms with van der Waals surface area (Å²) in [5.74, 6) is 0.728. The van der Waals surface area contributed by atoms with Crippen LogP contribution in [-0.4, -0.2) is 49.2 Å². The zero-order valence-electron chi connectivity index (χ0n) is 14.8. The van der Waals surface area contributed by atoms with Crippen molar-refractivity contribution in [2.75, 3.05) is 26.2 Å². The van der Waals surface area contributed by atoms with Gasteiger partial charge < -0.3 is 15.0 Å². The molecule has 2 saturated heterocycles. The number of rotatable bonds is 2. The Labute approximate surface area is 149 Å². The molecule has 0 unspecified atom stereocenters. The van der Waals surface area contributed by atoms with Crippen LogP contribution in [0.1, 0.15) is 31.2 Å². The van der Waals surface area contributed by atoms with Crippen molar-refractivity contribution >= 4 is 16.7 Å². The average molecular weight is 338 g/mol. The van der Waals surface area contributed by atoms with Gasteiger partial charge in [0.05, 0.1) is 12.7 Å². The Hall–Kier alpha value is -1.91. The number of morpholine rings is 1. The van der Waals surface area contributed by atoms with E-state index in [2.05, 4.69) is 47.8 Å². The Bertz CT molecular complexity index is 747. The highest BCUT2D eigenvalue weighted by molar-refractivity contribution is 5.86. The molecule has 2 heterocycles. The molecule has 2 aromatic rings. The zero-order chi connectivity index (χ0) is 17.2. The summed E-state index contributed by atoms with van der Waals surface area (Å²) in [5, 5.41) is 5.97. The summed E-state index contributed by atoms with van der Waals surface area (Å²) in [5.41, 5.74) is 1.43. The minimum absolute atomic E-state index is 0.0444. The molecule has 2 aromatic carbocycles. The molecule has 0 bridgehead atoms. The molecule has 132 valence electrons. The van der Waals surface area contributed by atoms with Crippen molar-refractivity contribution in [3.8, 4) is 0 Å². The lowest BCUT2D eigenvalue weighted by molar-refractivity contribution is -0.140. The molecule has 1 N–H and O–H groups in total. The molecule has 0 radical (unpaired) electrons. The van der Waals surface area contributed by atoms with E-state index in [1.807, 2.05) is 11.8 Å². The molecule has 4 heteroatoms. The van der Waals surface area contributed by atoms with Crippen LogP contribution in [0, 0.1) is 0 Å². The second-order valence-corrected chi connectivity index (χ2v) is 7.18. The van der Waals surface area contributed by atoms with Gasteiger partial charge in [0.1, 0.15) is 6.04 Å². The molecule has 4 nitrogen and oxygen atoms in total. The molecule has 2 fully saturated rings. The first kappa shape index (κ1) is 16.6. The highest BCUT2D eigenvalue weighted by Gasteiger charge is 2.33. The van der Waals surface area contributed by atoms with Crippen molar-refractivity contribution in [3.63, 3.8) is 0 Å². The van der Waals surface area contributed by atoms with Crippen LogP contribution in [0.15, 0.2) is 42.5 Å². The fourth-order valence-corrected chi connectivity index (χ4v) is 4.22. The summed E-state index contributed by atoms with van der Waals surface area (Å²) in [4.78, 5) is 14.8. The van der Waals surface area contributed by atoms with Gasteiger partial charge in [-0.3, -0.25) is 4.79 Å². The molecular weight excluding hydrogens is 312 g/mol. The third-order valence-corrected chi connectivity index (χ3v) is 5.65. The number of carbonyl (C=O) groups is 1. The first-order valence-corrected chi connectivity index (χ1v) is 9.35. The fraction of sp³-hybridized carbons (Fsp3) is 0.476. The fourth-order valence-electron chi connectivity index (χ4n) is 4.22. The van der Waals surface area contributed by atoms with Gasteiger partial charge in [-0.05, 0) is 42.0 Å². The van der Waals surface area contributed by atoms with Crippen molar-refractivity contribution in [2.24, 2.45) is 0 Å². The van der Waals surface area contributed by atoms with E-state index < -0.39 is 0 Å². The maximum Gasteiger partial charge on any atom is 0.242 e. The highest BCUT2D eigenvalue weighted by Crippen LogP contribution is 2.33. The number of amides is 1. The van der Waals surface area contributed by atoms with Crippen molar-refractivity contribution in [2.45, 2.75) is 37.8 Å². The Morgan fingerprint density at radius 3 is 2.68 bits per heavy atom. The van der Waals surface area contributed by atoms with E-state index in [4.69, 9.17) is 4.74 Å². The van der Waals surface area contributed by atoms with Gasteiger partial charge in [-0.15, -0.1) is 0 Å². The van der Waals surface area contributed by atoms with E-state index in [1.54, 1.807) is 0 Å². The van der Waals surface area contributed by atoms with E-state index in [9.17, 15) is 4.79 Å². The topological polar surface area (TPSA) is 41.6 Å². The number of carbonyl (C=O) groups excluding carboxylic acids is 1. The van der Waals surface area contributed by atoms with Gasteiger partial charge in [0.25, 0.3) is 0 Å². The quantitative estimate of drug-likeness (QED) is 0.915. The summed E-state index contributed by atoms with van der Waals surface area (Å²) < 4.78 is 5.63. The molecule has 0 saturated carbocycles. The number of fused-ring (bicyclic) bond motifs is 1. The van der Waals surface area contributed by atoms with Crippen LogP contribution in [0.5, 0.6) is 0 Å². The summed E-state index contributed by atoms with van der Waals surface area (Å²) in [6, 6.07) is 15.0. The number of piperidine rings is 1. The van der Waals surface area contributed by atoms with E-state index in [0.717, 1.165) is 32.5 Å². The third kappa shape index (κ3) is 3.29. The minimum Gasteiger partial charge on any atom is -0.375 e. The minimum atomic E-state index is -0.192. The first-order valence-electron chi connectivity index (χ1n) is 9.35. The Morgan fingerprint density at radius 2 is 1.88 bits per heavy atom. The lowest BCUT2D eigenvalue weighted by Gasteiger charge is -2.37. The highest BCUT2D eigenvalue weighted by atomic mass is 16.5. The van der Waals surface area contributed by atoms with Crippen LogP contribution in [0.3, 0.4) is 0 Å². The van der Waals surface area contributed by atoms with E-state index in [0.29, 0.717) is 12.5 Å². The summed E-state index contributed by atoms with van der Waals surface area (Å²) in [6.07, 6.45) is 2.01. The predicted molar refractivity (Wildman–Crippen MR) is 99.7 cm³/mol. The number of ether oxygens (including phenoxy) is 1. The molecular formula is C21H26N2O2. The van der Waals surface area contributed by atoms with E-state index >= 15 is 0 Å². The second-order valence-electron chi connectivity index (χ2n) is 7.18. The number of nitrogens with one attached hydrogen (secondary N) is 1. The summed E-state index contributed by atoms with van der Waals surface area (Å²) in [7, 11) is 0. The van der Waals surface area contributed by atoms with Crippen molar-refractivity contribution in [1.29, 1.82) is 0 Å². The number of hydrogen-bond donors (Lipinski definition) is 1. The van der Waals surface area contributed by atoms with Crippen molar-refractivity contribution in [1.82, 2.24) is 10.2 Å². The lowest BCUT2D eigenvalue weighted by Crippen LogP contribution is -2.57. The number of hydrogen-bond acceptors (Lipinski definition) is 3. The molecule has 0 aliphatic carbocycles. The number of benzene rings is 2. The second kappa shape index (κ2) is 7.14. The van der Waals surface area contributed by atoms with Crippen molar-refractivity contribution in [3.05, 3.63) is 48.0 Å². The SMILES string of the molecule is C[C@H]1OCCN[C@@H]1C(=O)N1CCC(c2cccc3ccccc23)CC1. The van der Waals surface area contributed by atoms with E-state index in [-0.39, 0.29) is 18.1 Å². The van der Waals surface area contributed by atoms with Gasteiger partial charge in [0.2, 0.25) is 5.91 Å². The van der Waals surface area contributed by atoms with Crippen LogP contribution >= 0.6 is 0 Å². The van der Waals surface area contributed by atoms with Crippen LogP contribution in [0.25, 0.3) is 10.8 Å². The smallest absolute Gasteiger partial charge is 0.242 e. The monoisotopic (exact) mass is 338 g/mol. The average Bonchev–Trinajstić information content (AvgIpc) is 2.67. The van der Waals surface area contributed by atoms with Gasteiger partial charge in [-0.1, -0.05) is 42.5 Å². The van der Waals surface area contributed by atoms with Gasteiger partial charge in [0, 0.05) is 19.6 Å². The van der Waals surface area contributed by atoms with Gasteiger partial charge in [-0.25, -0.2) is 0 Å². The largest absolute Gasteiger partial charge is 0.375 e. The lowest BCUT2D eigenvalue weighted by atomic mass is 9.86. The molecule has 1 amide bonds. The van der Waals surface area contributed by atoms with Crippen LogP contribution < -0.4 is 5.32 Å². The standard InChI is InChI=1S/C21H26N2O2/c1-15-20(22-11-14-25-15)21(24)23-12-9-17(10-13-23)19-8-4-6-16-5-2-3-7-18(16)19/h2-8,15,17,20,22H,9-14H2,1H3/t15-,20+/m1/s1. The maximum atomic E-state index is 12.8.